The summed E-state index contributed by atoms with van der Waals surface area (Å²) in [6.45, 7) is 6.71. The van der Waals surface area contributed by atoms with Crippen molar-refractivity contribution in [3.05, 3.63) is 47.3 Å². The van der Waals surface area contributed by atoms with E-state index in [0.717, 1.165) is 46.9 Å². The number of benzene rings is 1. The van der Waals surface area contributed by atoms with Gasteiger partial charge in [-0.3, -0.25) is 9.48 Å². The van der Waals surface area contributed by atoms with Crippen LogP contribution in [0.2, 0.25) is 0 Å². The molecule has 1 fully saturated rings. The smallest absolute Gasteiger partial charge is 0.254 e. The van der Waals surface area contributed by atoms with Gasteiger partial charge < -0.3 is 14.5 Å². The van der Waals surface area contributed by atoms with Gasteiger partial charge in [0.1, 0.15) is 5.75 Å². The van der Waals surface area contributed by atoms with Crippen LogP contribution in [-0.4, -0.2) is 58.9 Å². The molecule has 1 saturated heterocycles. The summed E-state index contributed by atoms with van der Waals surface area (Å²) >= 11 is 0. The van der Waals surface area contributed by atoms with Crippen molar-refractivity contribution in [3.8, 4) is 5.75 Å². The molecule has 3 aromatic rings. The third-order valence-electron chi connectivity index (χ3n) is 5.32. The number of hydrogen-bond donors (Lipinski definition) is 0. The summed E-state index contributed by atoms with van der Waals surface area (Å²) in [7, 11) is 3.55. The molecule has 0 unspecified atom stereocenters. The van der Waals surface area contributed by atoms with Crippen molar-refractivity contribution < 1.29 is 9.53 Å². The summed E-state index contributed by atoms with van der Waals surface area (Å²) in [6, 6.07) is 9.89. The van der Waals surface area contributed by atoms with Crippen molar-refractivity contribution in [3.63, 3.8) is 0 Å². The molecular weight excluding hydrogens is 354 g/mol. The van der Waals surface area contributed by atoms with E-state index < -0.39 is 0 Å². The number of hydrogen-bond acceptors (Lipinski definition) is 5. The van der Waals surface area contributed by atoms with Crippen molar-refractivity contribution in [1.29, 1.82) is 0 Å². The van der Waals surface area contributed by atoms with Gasteiger partial charge in [0.15, 0.2) is 5.65 Å². The van der Waals surface area contributed by atoms with Crippen LogP contribution >= 0.6 is 0 Å². The van der Waals surface area contributed by atoms with Crippen LogP contribution in [0.1, 0.15) is 21.7 Å². The highest BCUT2D eigenvalue weighted by Crippen LogP contribution is 2.29. The number of amides is 1. The maximum atomic E-state index is 13.3. The fraction of sp³-hybridized carbons (Fsp3) is 0.381. The van der Waals surface area contributed by atoms with Gasteiger partial charge >= 0.3 is 0 Å². The molecule has 0 atom stereocenters. The number of para-hydroxylation sites is 2. The van der Waals surface area contributed by atoms with Crippen molar-refractivity contribution in [2.45, 2.75) is 13.8 Å². The minimum absolute atomic E-state index is 0.0475. The molecule has 1 aliphatic heterocycles. The predicted octanol–water partition coefficient (Wildman–Crippen LogP) is 2.56. The number of carbonyl (C=O) groups is 1. The summed E-state index contributed by atoms with van der Waals surface area (Å²) in [6.07, 6.45) is 0. The van der Waals surface area contributed by atoms with E-state index in [9.17, 15) is 4.79 Å². The maximum Gasteiger partial charge on any atom is 0.254 e. The number of fused-ring (bicyclic) bond motifs is 1. The van der Waals surface area contributed by atoms with E-state index >= 15 is 0 Å². The van der Waals surface area contributed by atoms with Gasteiger partial charge in [-0.2, -0.15) is 5.10 Å². The van der Waals surface area contributed by atoms with Crippen molar-refractivity contribution in [2.24, 2.45) is 7.05 Å². The van der Waals surface area contributed by atoms with E-state index in [1.807, 2.05) is 50.1 Å². The Kier molecular flexibility index (Phi) is 4.66. The first-order valence-electron chi connectivity index (χ1n) is 9.47. The number of methoxy groups -OCH3 is 1. The molecule has 0 aliphatic carbocycles. The molecule has 28 heavy (non-hydrogen) atoms. The van der Waals surface area contributed by atoms with E-state index in [-0.39, 0.29) is 5.91 Å². The van der Waals surface area contributed by atoms with Crippen molar-refractivity contribution in [2.75, 3.05) is 38.2 Å². The van der Waals surface area contributed by atoms with Crippen molar-refractivity contribution >= 4 is 22.6 Å². The quantitative estimate of drug-likeness (QED) is 0.700. The summed E-state index contributed by atoms with van der Waals surface area (Å²) < 4.78 is 7.22. The number of aryl methyl sites for hydroxylation is 3. The molecule has 0 N–H and O–H groups in total. The lowest BCUT2D eigenvalue weighted by molar-refractivity contribution is 0.0748. The molecule has 7 heteroatoms. The van der Waals surface area contributed by atoms with Crippen LogP contribution in [-0.2, 0) is 7.05 Å². The molecule has 0 saturated carbocycles. The molecule has 3 heterocycles. The molecular formula is C21H25N5O2. The second-order valence-corrected chi connectivity index (χ2v) is 7.17. The molecule has 0 bridgehead atoms. The van der Waals surface area contributed by atoms with Gasteiger partial charge in [0.2, 0.25) is 0 Å². The third kappa shape index (κ3) is 3.06. The van der Waals surface area contributed by atoms with E-state index in [4.69, 9.17) is 4.74 Å². The second-order valence-electron chi connectivity index (χ2n) is 7.17. The highest BCUT2D eigenvalue weighted by molar-refractivity contribution is 6.06. The minimum atomic E-state index is 0.0475. The van der Waals surface area contributed by atoms with Crippen LogP contribution in [0.4, 0.5) is 5.69 Å². The van der Waals surface area contributed by atoms with Gasteiger partial charge in [-0.1, -0.05) is 12.1 Å². The topological polar surface area (TPSA) is 63.5 Å². The van der Waals surface area contributed by atoms with Gasteiger partial charge in [-0.05, 0) is 32.0 Å². The summed E-state index contributed by atoms with van der Waals surface area (Å²) in [5, 5.41) is 5.30. The molecule has 1 aromatic carbocycles. The Morgan fingerprint density at radius 2 is 1.82 bits per heavy atom. The highest BCUT2D eigenvalue weighted by atomic mass is 16.5. The van der Waals surface area contributed by atoms with Crippen LogP contribution in [0.25, 0.3) is 11.0 Å². The number of carbonyl (C=O) groups excluding carboxylic acids is 1. The Bertz CT molecular complexity index is 1030. The zero-order valence-electron chi connectivity index (χ0n) is 16.8. The zero-order chi connectivity index (χ0) is 19.8. The minimum Gasteiger partial charge on any atom is -0.495 e. The van der Waals surface area contributed by atoms with Crippen LogP contribution in [0.5, 0.6) is 5.75 Å². The Morgan fingerprint density at radius 1 is 1.11 bits per heavy atom. The lowest BCUT2D eigenvalue weighted by atomic mass is 10.1. The van der Waals surface area contributed by atoms with Crippen molar-refractivity contribution in [1.82, 2.24) is 19.7 Å². The first-order chi connectivity index (χ1) is 13.5. The second kappa shape index (κ2) is 7.14. The Hall–Kier alpha value is -3.09. The lowest BCUT2D eigenvalue weighted by Gasteiger charge is -2.36. The summed E-state index contributed by atoms with van der Waals surface area (Å²) in [4.78, 5) is 22.1. The largest absolute Gasteiger partial charge is 0.495 e. The Labute approximate surface area is 164 Å². The molecule has 4 rings (SSSR count). The van der Waals surface area contributed by atoms with Gasteiger partial charge in [0.25, 0.3) is 5.91 Å². The molecule has 2 aromatic heterocycles. The van der Waals surface area contributed by atoms with E-state index in [1.165, 1.54) is 0 Å². The number of aromatic nitrogens is 3. The van der Waals surface area contributed by atoms with Crippen LogP contribution in [0.15, 0.2) is 30.3 Å². The third-order valence-corrected chi connectivity index (χ3v) is 5.32. The fourth-order valence-electron chi connectivity index (χ4n) is 3.95. The average Bonchev–Trinajstić information content (AvgIpc) is 3.00. The average molecular weight is 379 g/mol. The monoisotopic (exact) mass is 379 g/mol. The SMILES string of the molecule is COc1ccccc1N1CCN(C(=O)c2cc(C)nc3c2c(C)nn3C)CC1. The van der Waals surface area contributed by atoms with Gasteiger partial charge in [-0.15, -0.1) is 0 Å². The molecule has 146 valence electrons. The van der Waals surface area contributed by atoms with Crippen LogP contribution in [0, 0.1) is 13.8 Å². The standard InChI is InChI=1S/C21H25N5O2/c1-14-13-16(19-15(2)23-24(3)20(19)22-14)21(27)26-11-9-25(10-12-26)17-7-5-6-8-18(17)28-4/h5-8,13H,9-12H2,1-4H3. The fourth-order valence-corrected chi connectivity index (χ4v) is 3.95. The molecule has 0 spiro atoms. The van der Waals surface area contributed by atoms with Gasteiger partial charge in [0, 0.05) is 38.9 Å². The number of rotatable bonds is 3. The summed E-state index contributed by atoms with van der Waals surface area (Å²) in [5.41, 5.74) is 4.18. The van der Waals surface area contributed by atoms with Gasteiger partial charge in [0.05, 0.1) is 29.4 Å². The highest BCUT2D eigenvalue weighted by Gasteiger charge is 2.26. The van der Waals surface area contributed by atoms with Crippen LogP contribution in [0.3, 0.4) is 0 Å². The van der Waals surface area contributed by atoms with Gasteiger partial charge in [-0.25, -0.2) is 4.98 Å². The first kappa shape index (κ1) is 18.3. The summed E-state index contributed by atoms with van der Waals surface area (Å²) in [5.74, 6) is 0.908. The van der Waals surface area contributed by atoms with E-state index in [1.54, 1.807) is 11.8 Å². The number of anilines is 1. The molecule has 0 radical (unpaired) electrons. The Morgan fingerprint density at radius 3 is 2.54 bits per heavy atom. The lowest BCUT2D eigenvalue weighted by Crippen LogP contribution is -2.49. The Balaban J connectivity index is 1.58. The molecule has 1 aliphatic rings. The number of nitrogens with zero attached hydrogens (tertiary/aromatic N) is 5. The van der Waals surface area contributed by atoms with E-state index in [2.05, 4.69) is 21.0 Å². The normalized spacial score (nSPS) is 14.6. The first-order valence-corrected chi connectivity index (χ1v) is 9.47. The van der Waals surface area contributed by atoms with E-state index in [0.29, 0.717) is 18.7 Å². The zero-order valence-corrected chi connectivity index (χ0v) is 16.8. The van der Waals surface area contributed by atoms with Crippen LogP contribution < -0.4 is 9.64 Å². The number of pyridine rings is 1. The molecule has 7 nitrogen and oxygen atoms in total. The number of piperazine rings is 1. The predicted molar refractivity (Wildman–Crippen MR) is 109 cm³/mol. The maximum absolute atomic E-state index is 13.3. The number of ether oxygens (including phenoxy) is 1. The molecule has 1 amide bonds.